The Morgan fingerprint density at radius 2 is 2.44 bits per heavy atom. The number of carbonyl (C=O) groups excluding carboxylic acids is 1. The molecule has 2 fully saturated rings. The zero-order valence-corrected chi connectivity index (χ0v) is 10.1. The van der Waals surface area contributed by atoms with E-state index in [1.165, 1.54) is 25.7 Å². The molecule has 0 aromatic heterocycles. The second-order valence-corrected chi connectivity index (χ2v) is 4.96. The van der Waals surface area contributed by atoms with Gasteiger partial charge in [-0.1, -0.05) is 26.2 Å². The van der Waals surface area contributed by atoms with Crippen molar-refractivity contribution in [1.82, 2.24) is 10.6 Å². The van der Waals surface area contributed by atoms with Gasteiger partial charge in [-0.3, -0.25) is 0 Å². The molecule has 1 heterocycles. The first-order valence-corrected chi connectivity index (χ1v) is 6.45. The third kappa shape index (κ3) is 2.32. The number of rotatable bonds is 4. The first kappa shape index (κ1) is 11.7. The van der Waals surface area contributed by atoms with Crippen molar-refractivity contribution in [3.8, 4) is 0 Å². The monoisotopic (exact) mass is 226 g/mol. The van der Waals surface area contributed by atoms with Gasteiger partial charge >= 0.3 is 6.09 Å². The Bertz CT molecular complexity index is 257. The summed E-state index contributed by atoms with van der Waals surface area (Å²) in [5.74, 6) is 0. The van der Waals surface area contributed by atoms with E-state index in [2.05, 4.69) is 17.6 Å². The Kier molecular flexibility index (Phi) is 3.69. The number of nitrogens with one attached hydrogen (secondary N) is 2. The molecule has 1 saturated heterocycles. The van der Waals surface area contributed by atoms with Crippen LogP contribution in [0.2, 0.25) is 0 Å². The van der Waals surface area contributed by atoms with Crippen LogP contribution in [0.4, 0.5) is 4.79 Å². The van der Waals surface area contributed by atoms with E-state index in [1.54, 1.807) is 0 Å². The summed E-state index contributed by atoms with van der Waals surface area (Å²) in [6.07, 6.45) is 6.79. The Morgan fingerprint density at radius 3 is 3.12 bits per heavy atom. The lowest BCUT2D eigenvalue weighted by Gasteiger charge is -2.39. The summed E-state index contributed by atoms with van der Waals surface area (Å²) in [4.78, 5) is 11.2. The van der Waals surface area contributed by atoms with Crippen molar-refractivity contribution in [3.63, 3.8) is 0 Å². The minimum Gasteiger partial charge on any atom is -0.447 e. The number of hydrogen-bond donors (Lipinski definition) is 2. The van der Waals surface area contributed by atoms with E-state index >= 15 is 0 Å². The highest BCUT2D eigenvalue weighted by Crippen LogP contribution is 2.31. The van der Waals surface area contributed by atoms with Gasteiger partial charge in [-0.05, 0) is 25.8 Å². The standard InChI is InChI=1S/C12H22N2O2/c1-2-3-8-13-10-6-4-5-7-12(10)9-16-11(15)14-12/h10,13H,2-9H2,1H3,(H,14,15)/t10-,12-/m0/s1. The molecular weight excluding hydrogens is 204 g/mol. The molecule has 0 bridgehead atoms. The van der Waals surface area contributed by atoms with Crippen molar-refractivity contribution in [2.75, 3.05) is 13.2 Å². The predicted molar refractivity (Wildman–Crippen MR) is 62.4 cm³/mol. The average molecular weight is 226 g/mol. The quantitative estimate of drug-likeness (QED) is 0.719. The van der Waals surface area contributed by atoms with Gasteiger partial charge in [-0.25, -0.2) is 4.79 Å². The molecule has 92 valence electrons. The fourth-order valence-corrected chi connectivity index (χ4v) is 2.78. The van der Waals surface area contributed by atoms with Gasteiger partial charge in [0.25, 0.3) is 0 Å². The zero-order valence-electron chi connectivity index (χ0n) is 10.1. The van der Waals surface area contributed by atoms with Gasteiger partial charge in [0.2, 0.25) is 0 Å². The van der Waals surface area contributed by atoms with E-state index < -0.39 is 0 Å². The van der Waals surface area contributed by atoms with Crippen LogP contribution in [0.25, 0.3) is 0 Å². The van der Waals surface area contributed by atoms with Crippen LogP contribution in [0.1, 0.15) is 45.4 Å². The number of alkyl carbamates (subject to hydrolysis) is 1. The number of carbonyl (C=O) groups is 1. The molecule has 1 saturated carbocycles. The van der Waals surface area contributed by atoms with E-state index in [4.69, 9.17) is 4.74 Å². The van der Waals surface area contributed by atoms with Gasteiger partial charge in [0.15, 0.2) is 0 Å². The van der Waals surface area contributed by atoms with Crippen molar-refractivity contribution >= 4 is 6.09 Å². The molecule has 2 N–H and O–H groups in total. The van der Waals surface area contributed by atoms with Gasteiger partial charge in [0, 0.05) is 6.04 Å². The highest BCUT2D eigenvalue weighted by molar-refractivity contribution is 5.71. The van der Waals surface area contributed by atoms with Gasteiger partial charge < -0.3 is 15.4 Å². The summed E-state index contributed by atoms with van der Waals surface area (Å²) in [6.45, 7) is 3.77. The molecule has 1 spiro atoms. The minimum absolute atomic E-state index is 0.122. The summed E-state index contributed by atoms with van der Waals surface area (Å²) >= 11 is 0. The predicted octanol–water partition coefficient (Wildman–Crippen LogP) is 1.80. The zero-order chi connectivity index (χ0) is 11.4. The lowest BCUT2D eigenvalue weighted by molar-refractivity contribution is 0.146. The summed E-state index contributed by atoms with van der Waals surface area (Å²) in [6, 6.07) is 0.388. The van der Waals surface area contributed by atoms with E-state index in [0.717, 1.165) is 19.4 Å². The van der Waals surface area contributed by atoms with Crippen LogP contribution in [0.5, 0.6) is 0 Å². The van der Waals surface area contributed by atoms with E-state index in [-0.39, 0.29) is 11.6 Å². The van der Waals surface area contributed by atoms with Gasteiger partial charge in [0.1, 0.15) is 6.61 Å². The highest BCUT2D eigenvalue weighted by Gasteiger charge is 2.46. The number of amides is 1. The van der Waals surface area contributed by atoms with E-state index in [0.29, 0.717) is 12.6 Å². The number of cyclic esters (lactones) is 1. The normalized spacial score (nSPS) is 33.8. The van der Waals surface area contributed by atoms with Crippen molar-refractivity contribution in [2.24, 2.45) is 0 Å². The van der Waals surface area contributed by atoms with Gasteiger partial charge in [0.05, 0.1) is 5.54 Å². The maximum atomic E-state index is 11.2. The third-order valence-corrected chi connectivity index (χ3v) is 3.77. The van der Waals surface area contributed by atoms with Crippen molar-refractivity contribution in [2.45, 2.75) is 57.0 Å². The summed E-state index contributed by atoms with van der Waals surface area (Å²) in [5, 5.41) is 6.60. The fraction of sp³-hybridized carbons (Fsp3) is 0.917. The number of unbranched alkanes of at least 4 members (excludes halogenated alkanes) is 1. The van der Waals surface area contributed by atoms with Crippen LogP contribution in [0, 0.1) is 0 Å². The average Bonchev–Trinajstić information content (AvgIpc) is 2.64. The number of ether oxygens (including phenoxy) is 1. The summed E-state index contributed by atoms with van der Waals surface area (Å²) in [5.41, 5.74) is -0.122. The van der Waals surface area contributed by atoms with Crippen molar-refractivity contribution in [3.05, 3.63) is 0 Å². The smallest absolute Gasteiger partial charge is 0.407 e. The molecule has 0 unspecified atom stereocenters. The molecule has 1 aliphatic carbocycles. The largest absolute Gasteiger partial charge is 0.447 e. The molecule has 1 aliphatic heterocycles. The van der Waals surface area contributed by atoms with E-state index in [1.807, 2.05) is 0 Å². The van der Waals surface area contributed by atoms with Crippen LogP contribution < -0.4 is 10.6 Å². The topological polar surface area (TPSA) is 50.4 Å². The van der Waals surface area contributed by atoms with Crippen LogP contribution in [-0.4, -0.2) is 30.8 Å². The lowest BCUT2D eigenvalue weighted by Crippen LogP contribution is -2.60. The first-order valence-electron chi connectivity index (χ1n) is 6.45. The molecule has 2 atom stereocenters. The fourth-order valence-electron chi connectivity index (χ4n) is 2.78. The maximum Gasteiger partial charge on any atom is 0.407 e. The Morgan fingerprint density at radius 1 is 1.56 bits per heavy atom. The summed E-state index contributed by atoms with van der Waals surface area (Å²) < 4.78 is 5.09. The second-order valence-electron chi connectivity index (χ2n) is 4.96. The van der Waals surface area contributed by atoms with Crippen LogP contribution in [0.3, 0.4) is 0 Å². The van der Waals surface area contributed by atoms with Crippen molar-refractivity contribution < 1.29 is 9.53 Å². The molecule has 4 heteroatoms. The third-order valence-electron chi connectivity index (χ3n) is 3.77. The molecule has 0 aromatic carbocycles. The SMILES string of the molecule is CCCCN[C@H]1CCCC[C@]12COC(=O)N2. The molecule has 2 rings (SSSR count). The molecule has 1 amide bonds. The van der Waals surface area contributed by atoms with Crippen LogP contribution in [-0.2, 0) is 4.74 Å². The number of hydrogen-bond acceptors (Lipinski definition) is 3. The van der Waals surface area contributed by atoms with Crippen molar-refractivity contribution in [1.29, 1.82) is 0 Å². The van der Waals surface area contributed by atoms with Gasteiger partial charge in [-0.15, -0.1) is 0 Å². The summed E-state index contributed by atoms with van der Waals surface area (Å²) in [7, 11) is 0. The van der Waals surface area contributed by atoms with E-state index in [9.17, 15) is 4.79 Å². The minimum atomic E-state index is -0.246. The molecule has 4 nitrogen and oxygen atoms in total. The molecule has 16 heavy (non-hydrogen) atoms. The molecule has 0 aromatic rings. The van der Waals surface area contributed by atoms with Crippen LogP contribution >= 0.6 is 0 Å². The van der Waals surface area contributed by atoms with Crippen LogP contribution in [0.15, 0.2) is 0 Å². The molecule has 0 radical (unpaired) electrons. The van der Waals surface area contributed by atoms with Gasteiger partial charge in [-0.2, -0.15) is 0 Å². The maximum absolute atomic E-state index is 11.2. The Labute approximate surface area is 97.1 Å². The molecular formula is C12H22N2O2. The lowest BCUT2D eigenvalue weighted by atomic mass is 9.78. The first-order chi connectivity index (χ1) is 7.77. The second kappa shape index (κ2) is 5.04. The molecule has 2 aliphatic rings. The highest BCUT2D eigenvalue weighted by atomic mass is 16.6. The Hall–Kier alpha value is -0.770. The Balaban J connectivity index is 1.94.